The molecule has 0 nitrogen and oxygen atoms in total. The zero-order valence-corrected chi connectivity index (χ0v) is 8.57. The van der Waals surface area contributed by atoms with Crippen molar-refractivity contribution in [2.24, 2.45) is 0 Å². The van der Waals surface area contributed by atoms with Crippen LogP contribution in [0.4, 0.5) is 0 Å². The maximum Gasteiger partial charge on any atom is 0.0441 e. The third-order valence-corrected chi connectivity index (χ3v) is 2.23. The van der Waals surface area contributed by atoms with E-state index in [1.165, 1.54) is 0 Å². The molecule has 0 saturated carbocycles. The van der Waals surface area contributed by atoms with Crippen molar-refractivity contribution in [1.29, 1.82) is 0 Å². The van der Waals surface area contributed by atoms with E-state index in [1.54, 1.807) is 0 Å². The van der Waals surface area contributed by atoms with Gasteiger partial charge in [0.1, 0.15) is 0 Å². The van der Waals surface area contributed by atoms with Crippen molar-refractivity contribution in [3.8, 4) is 0 Å². The molecular formula is C10H11ClS. The van der Waals surface area contributed by atoms with Crippen LogP contribution in [0, 0.1) is 6.92 Å². The van der Waals surface area contributed by atoms with Crippen LogP contribution in [0.25, 0.3) is 6.08 Å². The molecule has 0 fully saturated rings. The van der Waals surface area contributed by atoms with Gasteiger partial charge in [-0.3, -0.25) is 0 Å². The Bertz CT molecular complexity index is 292. The fourth-order valence-corrected chi connectivity index (χ4v) is 1.20. The number of benzene rings is 1. The summed E-state index contributed by atoms with van der Waals surface area (Å²) in [5, 5.41) is 0.816. The van der Waals surface area contributed by atoms with E-state index in [9.17, 15) is 0 Å². The molecule has 0 aliphatic carbocycles. The number of thiol groups is 1. The lowest BCUT2D eigenvalue weighted by molar-refractivity contribution is 1.46. The maximum absolute atomic E-state index is 5.94. The summed E-state index contributed by atoms with van der Waals surface area (Å²) < 4.78 is 0. The first-order valence-electron chi connectivity index (χ1n) is 3.77. The summed E-state index contributed by atoms with van der Waals surface area (Å²) in [6, 6.07) is 6.01. The van der Waals surface area contributed by atoms with Crippen LogP contribution in [0.2, 0.25) is 5.02 Å². The Morgan fingerprint density at radius 2 is 2.25 bits per heavy atom. The van der Waals surface area contributed by atoms with Gasteiger partial charge in [-0.25, -0.2) is 0 Å². The average molecular weight is 199 g/mol. The Kier molecular flexibility index (Phi) is 3.70. The highest BCUT2D eigenvalue weighted by atomic mass is 35.5. The Morgan fingerprint density at radius 1 is 1.50 bits per heavy atom. The topological polar surface area (TPSA) is 0 Å². The second kappa shape index (κ2) is 4.58. The van der Waals surface area contributed by atoms with E-state index in [2.05, 4.69) is 12.6 Å². The van der Waals surface area contributed by atoms with E-state index in [-0.39, 0.29) is 0 Å². The van der Waals surface area contributed by atoms with E-state index >= 15 is 0 Å². The summed E-state index contributed by atoms with van der Waals surface area (Å²) in [7, 11) is 0. The minimum Gasteiger partial charge on any atom is -0.175 e. The molecule has 0 N–H and O–H groups in total. The van der Waals surface area contributed by atoms with E-state index in [1.807, 2.05) is 37.3 Å². The predicted octanol–water partition coefficient (Wildman–Crippen LogP) is 3.59. The largest absolute Gasteiger partial charge is 0.175 e. The van der Waals surface area contributed by atoms with Crippen molar-refractivity contribution in [3.63, 3.8) is 0 Å². The highest BCUT2D eigenvalue weighted by Gasteiger charge is 1.93. The molecule has 0 spiro atoms. The SMILES string of the molecule is Cc1ccc(C=CCS)cc1Cl. The molecule has 64 valence electrons. The number of hydrogen-bond acceptors (Lipinski definition) is 1. The maximum atomic E-state index is 5.94. The molecule has 0 heterocycles. The monoisotopic (exact) mass is 198 g/mol. The summed E-state index contributed by atoms with van der Waals surface area (Å²) in [6.07, 6.45) is 4.00. The second-order valence-corrected chi connectivity index (χ2v) is 3.37. The molecule has 12 heavy (non-hydrogen) atoms. The van der Waals surface area contributed by atoms with Gasteiger partial charge in [0.05, 0.1) is 0 Å². The van der Waals surface area contributed by atoms with E-state index in [0.717, 1.165) is 21.9 Å². The fourth-order valence-electron chi connectivity index (χ4n) is 0.902. The summed E-state index contributed by atoms with van der Waals surface area (Å²) >= 11 is 10.0. The number of hydrogen-bond donors (Lipinski definition) is 1. The molecule has 0 amide bonds. The van der Waals surface area contributed by atoms with Crippen LogP contribution in [0.1, 0.15) is 11.1 Å². The molecule has 0 radical (unpaired) electrons. The number of aryl methyl sites for hydroxylation is 1. The molecule has 0 aliphatic heterocycles. The number of rotatable bonds is 2. The van der Waals surface area contributed by atoms with Crippen molar-refractivity contribution in [1.82, 2.24) is 0 Å². The van der Waals surface area contributed by atoms with Crippen molar-refractivity contribution >= 4 is 30.3 Å². The van der Waals surface area contributed by atoms with Crippen LogP contribution in [0.5, 0.6) is 0 Å². The van der Waals surface area contributed by atoms with E-state index in [0.29, 0.717) is 0 Å². The molecule has 0 saturated heterocycles. The third-order valence-electron chi connectivity index (χ3n) is 1.61. The summed E-state index contributed by atoms with van der Waals surface area (Å²) in [5.74, 6) is 0.755. The summed E-state index contributed by atoms with van der Waals surface area (Å²) in [4.78, 5) is 0. The molecule has 0 unspecified atom stereocenters. The highest BCUT2D eigenvalue weighted by Crippen LogP contribution is 2.17. The normalized spacial score (nSPS) is 10.9. The average Bonchev–Trinajstić information content (AvgIpc) is 2.07. The van der Waals surface area contributed by atoms with Crippen LogP contribution >= 0.6 is 24.2 Å². The second-order valence-electron chi connectivity index (χ2n) is 2.59. The van der Waals surface area contributed by atoms with Crippen LogP contribution in [-0.2, 0) is 0 Å². The molecule has 1 aromatic carbocycles. The number of halogens is 1. The van der Waals surface area contributed by atoms with Crippen molar-refractivity contribution < 1.29 is 0 Å². The first-order chi connectivity index (χ1) is 5.74. The lowest BCUT2D eigenvalue weighted by Gasteiger charge is -1.98. The van der Waals surface area contributed by atoms with Gasteiger partial charge in [-0.15, -0.1) is 0 Å². The zero-order chi connectivity index (χ0) is 8.97. The van der Waals surface area contributed by atoms with Crippen molar-refractivity contribution in [3.05, 3.63) is 40.4 Å². The molecule has 0 aromatic heterocycles. The first kappa shape index (κ1) is 9.69. The molecule has 1 aromatic rings. The lowest BCUT2D eigenvalue weighted by Crippen LogP contribution is -1.77. The predicted molar refractivity (Wildman–Crippen MR) is 59.1 cm³/mol. The zero-order valence-electron chi connectivity index (χ0n) is 6.92. The van der Waals surface area contributed by atoms with Gasteiger partial charge in [0.15, 0.2) is 0 Å². The standard InChI is InChI=1S/C10H11ClS/c1-8-4-5-9(3-2-6-12)7-10(8)11/h2-5,7,12H,6H2,1H3. The first-order valence-corrected chi connectivity index (χ1v) is 4.78. The van der Waals surface area contributed by atoms with Gasteiger partial charge in [-0.05, 0) is 24.1 Å². The molecule has 0 aliphatic rings. The van der Waals surface area contributed by atoms with Gasteiger partial charge >= 0.3 is 0 Å². The Morgan fingerprint density at radius 3 is 2.83 bits per heavy atom. The van der Waals surface area contributed by atoms with Gasteiger partial charge in [0.2, 0.25) is 0 Å². The van der Waals surface area contributed by atoms with Gasteiger partial charge in [0.25, 0.3) is 0 Å². The van der Waals surface area contributed by atoms with Crippen LogP contribution in [-0.4, -0.2) is 5.75 Å². The quantitative estimate of drug-likeness (QED) is 0.690. The summed E-state index contributed by atoms with van der Waals surface area (Å²) in [5.41, 5.74) is 2.24. The molecule has 2 heteroatoms. The minimum atomic E-state index is 0.755. The minimum absolute atomic E-state index is 0.755. The Balaban J connectivity index is 2.89. The fraction of sp³-hybridized carbons (Fsp3) is 0.200. The van der Waals surface area contributed by atoms with Crippen molar-refractivity contribution in [2.45, 2.75) is 6.92 Å². The van der Waals surface area contributed by atoms with Gasteiger partial charge in [-0.1, -0.05) is 35.9 Å². The third kappa shape index (κ3) is 2.58. The lowest BCUT2D eigenvalue weighted by atomic mass is 10.1. The highest BCUT2D eigenvalue weighted by molar-refractivity contribution is 7.80. The van der Waals surface area contributed by atoms with Crippen molar-refractivity contribution in [2.75, 3.05) is 5.75 Å². The Hall–Kier alpha value is -0.400. The molecule has 1 rings (SSSR count). The smallest absolute Gasteiger partial charge is 0.0441 e. The van der Waals surface area contributed by atoms with Crippen LogP contribution < -0.4 is 0 Å². The van der Waals surface area contributed by atoms with E-state index < -0.39 is 0 Å². The molecule has 0 bridgehead atoms. The molecular weight excluding hydrogens is 188 g/mol. The Labute approximate surface area is 83.7 Å². The van der Waals surface area contributed by atoms with Gasteiger partial charge < -0.3 is 0 Å². The van der Waals surface area contributed by atoms with Crippen LogP contribution in [0.3, 0.4) is 0 Å². The molecule has 0 atom stereocenters. The van der Waals surface area contributed by atoms with Gasteiger partial charge in [0, 0.05) is 10.8 Å². The van der Waals surface area contributed by atoms with Crippen LogP contribution in [0.15, 0.2) is 24.3 Å². The van der Waals surface area contributed by atoms with Gasteiger partial charge in [-0.2, -0.15) is 12.6 Å². The summed E-state index contributed by atoms with van der Waals surface area (Å²) in [6.45, 7) is 1.99. The van der Waals surface area contributed by atoms with E-state index in [4.69, 9.17) is 11.6 Å².